The SMILES string of the molecule is Nc1ccnc(CN2CCCCCCC2)n1. The molecule has 0 atom stereocenters. The van der Waals surface area contributed by atoms with Crippen molar-refractivity contribution in [1.82, 2.24) is 14.9 Å². The van der Waals surface area contributed by atoms with E-state index in [4.69, 9.17) is 5.73 Å². The van der Waals surface area contributed by atoms with Crippen LogP contribution in [0.2, 0.25) is 0 Å². The molecule has 2 heterocycles. The Kier molecular flexibility index (Phi) is 4.10. The van der Waals surface area contributed by atoms with Gasteiger partial charge in [0.1, 0.15) is 11.6 Å². The lowest BCUT2D eigenvalue weighted by atomic mass is 10.1. The Morgan fingerprint density at radius 2 is 1.81 bits per heavy atom. The highest BCUT2D eigenvalue weighted by molar-refractivity contribution is 5.24. The number of nitrogens with zero attached hydrogens (tertiary/aromatic N) is 3. The normalized spacial score (nSPS) is 19.0. The lowest BCUT2D eigenvalue weighted by Crippen LogP contribution is -2.27. The highest BCUT2D eigenvalue weighted by Crippen LogP contribution is 2.12. The van der Waals surface area contributed by atoms with Gasteiger partial charge in [-0.15, -0.1) is 0 Å². The van der Waals surface area contributed by atoms with Crippen molar-refractivity contribution in [2.24, 2.45) is 0 Å². The zero-order valence-corrected chi connectivity index (χ0v) is 9.73. The fourth-order valence-electron chi connectivity index (χ4n) is 2.16. The zero-order valence-electron chi connectivity index (χ0n) is 9.73. The van der Waals surface area contributed by atoms with E-state index in [-0.39, 0.29) is 0 Å². The van der Waals surface area contributed by atoms with Gasteiger partial charge in [-0.3, -0.25) is 4.90 Å². The molecule has 0 unspecified atom stereocenters. The van der Waals surface area contributed by atoms with Crippen LogP contribution in [0.25, 0.3) is 0 Å². The van der Waals surface area contributed by atoms with E-state index in [1.165, 1.54) is 32.1 Å². The highest BCUT2D eigenvalue weighted by atomic mass is 15.1. The molecule has 16 heavy (non-hydrogen) atoms. The molecule has 88 valence electrons. The van der Waals surface area contributed by atoms with Crippen LogP contribution in [-0.2, 0) is 6.54 Å². The Morgan fingerprint density at radius 3 is 2.50 bits per heavy atom. The number of likely N-dealkylation sites (tertiary alicyclic amines) is 1. The highest BCUT2D eigenvalue weighted by Gasteiger charge is 2.09. The first-order valence-electron chi connectivity index (χ1n) is 6.14. The summed E-state index contributed by atoms with van der Waals surface area (Å²) in [6.07, 6.45) is 8.43. The largest absolute Gasteiger partial charge is 0.384 e. The van der Waals surface area contributed by atoms with E-state index in [0.717, 1.165) is 25.5 Å². The average Bonchev–Trinajstić information content (AvgIpc) is 2.22. The summed E-state index contributed by atoms with van der Waals surface area (Å²) in [6, 6.07) is 1.73. The summed E-state index contributed by atoms with van der Waals surface area (Å²) >= 11 is 0. The minimum Gasteiger partial charge on any atom is -0.384 e. The van der Waals surface area contributed by atoms with Gasteiger partial charge in [0, 0.05) is 6.20 Å². The zero-order chi connectivity index (χ0) is 11.2. The van der Waals surface area contributed by atoms with E-state index < -0.39 is 0 Å². The average molecular weight is 220 g/mol. The number of nitrogen functional groups attached to an aromatic ring is 1. The minimum atomic E-state index is 0.567. The van der Waals surface area contributed by atoms with Crippen molar-refractivity contribution in [3.63, 3.8) is 0 Å². The summed E-state index contributed by atoms with van der Waals surface area (Å²) in [7, 11) is 0. The minimum absolute atomic E-state index is 0.567. The molecule has 1 aromatic rings. The Balaban J connectivity index is 1.91. The molecule has 0 radical (unpaired) electrons. The second-order valence-corrected chi connectivity index (χ2v) is 4.44. The first-order valence-corrected chi connectivity index (χ1v) is 6.14. The van der Waals surface area contributed by atoms with Gasteiger partial charge in [0.25, 0.3) is 0 Å². The molecule has 0 amide bonds. The third kappa shape index (κ3) is 3.45. The summed E-state index contributed by atoms with van der Waals surface area (Å²) in [5.74, 6) is 1.41. The van der Waals surface area contributed by atoms with E-state index in [9.17, 15) is 0 Å². The van der Waals surface area contributed by atoms with E-state index in [1.807, 2.05) is 0 Å². The summed E-state index contributed by atoms with van der Waals surface area (Å²) in [5, 5.41) is 0. The molecule has 2 N–H and O–H groups in total. The molecule has 4 nitrogen and oxygen atoms in total. The number of hydrogen-bond acceptors (Lipinski definition) is 4. The molecule has 2 rings (SSSR count). The lowest BCUT2D eigenvalue weighted by Gasteiger charge is -2.23. The smallest absolute Gasteiger partial charge is 0.144 e. The molecule has 0 saturated carbocycles. The van der Waals surface area contributed by atoms with Crippen molar-refractivity contribution in [1.29, 1.82) is 0 Å². The second-order valence-electron chi connectivity index (χ2n) is 4.44. The van der Waals surface area contributed by atoms with E-state index >= 15 is 0 Å². The van der Waals surface area contributed by atoms with Crippen LogP contribution in [0.5, 0.6) is 0 Å². The first kappa shape index (κ1) is 11.3. The molecule has 0 bridgehead atoms. The van der Waals surface area contributed by atoms with Gasteiger partial charge in [-0.1, -0.05) is 19.3 Å². The van der Waals surface area contributed by atoms with Crippen LogP contribution < -0.4 is 5.73 Å². The predicted octanol–water partition coefficient (Wildman–Crippen LogP) is 1.82. The van der Waals surface area contributed by atoms with Crippen LogP contribution in [0.15, 0.2) is 12.3 Å². The van der Waals surface area contributed by atoms with Crippen molar-refractivity contribution < 1.29 is 0 Å². The number of rotatable bonds is 2. The maximum absolute atomic E-state index is 5.65. The summed E-state index contributed by atoms with van der Waals surface area (Å²) in [6.45, 7) is 3.17. The summed E-state index contributed by atoms with van der Waals surface area (Å²) < 4.78 is 0. The Bertz CT molecular complexity index is 319. The standard InChI is InChI=1S/C12H20N4/c13-11-6-7-14-12(15-11)10-16-8-4-2-1-3-5-9-16/h6-7H,1-5,8-10H2,(H2,13,14,15). The predicted molar refractivity (Wildman–Crippen MR) is 64.8 cm³/mol. The lowest BCUT2D eigenvalue weighted by molar-refractivity contribution is 0.234. The van der Waals surface area contributed by atoms with Crippen LogP contribution in [0.1, 0.15) is 37.9 Å². The van der Waals surface area contributed by atoms with Crippen molar-refractivity contribution in [2.75, 3.05) is 18.8 Å². The van der Waals surface area contributed by atoms with Crippen LogP contribution in [0, 0.1) is 0 Å². The van der Waals surface area contributed by atoms with Gasteiger partial charge in [-0.2, -0.15) is 0 Å². The van der Waals surface area contributed by atoms with Crippen LogP contribution in [-0.4, -0.2) is 28.0 Å². The molecule has 1 saturated heterocycles. The van der Waals surface area contributed by atoms with Gasteiger partial charge in [-0.25, -0.2) is 9.97 Å². The molecule has 1 aromatic heterocycles. The number of hydrogen-bond donors (Lipinski definition) is 1. The van der Waals surface area contributed by atoms with Crippen LogP contribution in [0.4, 0.5) is 5.82 Å². The van der Waals surface area contributed by atoms with E-state index in [0.29, 0.717) is 5.82 Å². The van der Waals surface area contributed by atoms with Gasteiger partial charge < -0.3 is 5.73 Å². The topological polar surface area (TPSA) is 55.0 Å². The molecule has 1 aliphatic heterocycles. The molecular formula is C12H20N4. The van der Waals surface area contributed by atoms with Crippen molar-refractivity contribution in [3.05, 3.63) is 18.1 Å². The van der Waals surface area contributed by atoms with Gasteiger partial charge in [0.2, 0.25) is 0 Å². The van der Waals surface area contributed by atoms with Crippen LogP contribution in [0.3, 0.4) is 0 Å². The molecule has 1 fully saturated rings. The Morgan fingerprint density at radius 1 is 1.12 bits per heavy atom. The maximum atomic E-state index is 5.65. The molecular weight excluding hydrogens is 200 g/mol. The number of aromatic nitrogens is 2. The monoisotopic (exact) mass is 220 g/mol. The van der Waals surface area contributed by atoms with Gasteiger partial charge >= 0.3 is 0 Å². The van der Waals surface area contributed by atoms with Gasteiger partial charge in [0.15, 0.2) is 0 Å². The molecule has 0 aliphatic carbocycles. The van der Waals surface area contributed by atoms with E-state index in [1.54, 1.807) is 12.3 Å². The third-order valence-corrected chi connectivity index (χ3v) is 3.04. The molecule has 1 aliphatic rings. The van der Waals surface area contributed by atoms with Crippen molar-refractivity contribution in [2.45, 2.75) is 38.6 Å². The third-order valence-electron chi connectivity index (χ3n) is 3.04. The Hall–Kier alpha value is -1.16. The molecule has 0 aromatic carbocycles. The van der Waals surface area contributed by atoms with E-state index in [2.05, 4.69) is 14.9 Å². The number of anilines is 1. The fraction of sp³-hybridized carbons (Fsp3) is 0.667. The first-order chi connectivity index (χ1) is 7.84. The van der Waals surface area contributed by atoms with Crippen molar-refractivity contribution >= 4 is 5.82 Å². The molecule has 0 spiro atoms. The summed E-state index contributed by atoms with van der Waals surface area (Å²) in [4.78, 5) is 10.9. The summed E-state index contributed by atoms with van der Waals surface area (Å²) in [5.41, 5.74) is 5.65. The fourth-order valence-corrected chi connectivity index (χ4v) is 2.16. The second kappa shape index (κ2) is 5.80. The van der Waals surface area contributed by atoms with Crippen molar-refractivity contribution in [3.8, 4) is 0 Å². The van der Waals surface area contributed by atoms with Gasteiger partial charge in [-0.05, 0) is 32.0 Å². The number of nitrogens with two attached hydrogens (primary N) is 1. The quantitative estimate of drug-likeness (QED) is 0.826. The maximum Gasteiger partial charge on any atom is 0.144 e. The van der Waals surface area contributed by atoms with Crippen LogP contribution >= 0.6 is 0 Å². The molecule has 4 heteroatoms. The van der Waals surface area contributed by atoms with Gasteiger partial charge in [0.05, 0.1) is 6.54 Å². The Labute approximate surface area is 96.9 Å².